The smallest absolute Gasteiger partial charge is 0.191 e. The minimum atomic E-state index is 0. The van der Waals surface area contributed by atoms with Crippen molar-refractivity contribution in [3.8, 4) is 5.75 Å². The Balaban J connectivity index is 0.00000288. The van der Waals surface area contributed by atoms with E-state index in [4.69, 9.17) is 4.74 Å². The van der Waals surface area contributed by atoms with E-state index in [0.29, 0.717) is 12.5 Å². The van der Waals surface area contributed by atoms with Crippen LogP contribution >= 0.6 is 35.3 Å². The van der Waals surface area contributed by atoms with Crippen LogP contribution in [0.1, 0.15) is 30.9 Å². The van der Waals surface area contributed by atoms with Crippen molar-refractivity contribution in [1.29, 1.82) is 0 Å². The fraction of sp³-hybridized carbons (Fsp3) is 0.389. The molecule has 0 amide bonds. The number of nitrogens with zero attached hydrogens (tertiary/aromatic N) is 1. The monoisotopic (exact) mass is 459 g/mol. The second-order valence-electron chi connectivity index (χ2n) is 5.35. The number of benzene rings is 1. The number of thiophene rings is 1. The number of hydrogen-bond acceptors (Lipinski definition) is 3. The summed E-state index contributed by atoms with van der Waals surface area (Å²) in [5.74, 6) is 2.16. The lowest BCUT2D eigenvalue weighted by atomic mass is 10.1. The molecule has 0 aliphatic heterocycles. The first-order valence-corrected chi connectivity index (χ1v) is 8.85. The zero-order chi connectivity index (χ0) is 16.5. The molecule has 1 aromatic carbocycles. The highest BCUT2D eigenvalue weighted by atomic mass is 127. The van der Waals surface area contributed by atoms with E-state index in [1.807, 2.05) is 24.3 Å². The van der Waals surface area contributed by atoms with Crippen LogP contribution in [0.2, 0.25) is 0 Å². The number of ether oxygens (including phenoxy) is 1. The SMILES string of the molecule is CCNC(=NCc1ccccc1OC)NCC(C)c1ccsc1.I. The number of methoxy groups -OCH3 is 1. The molecule has 1 unspecified atom stereocenters. The molecular weight excluding hydrogens is 433 g/mol. The number of rotatable bonds is 7. The van der Waals surface area contributed by atoms with Gasteiger partial charge in [-0.05, 0) is 41.3 Å². The average molecular weight is 459 g/mol. The van der Waals surface area contributed by atoms with Crippen LogP contribution < -0.4 is 15.4 Å². The maximum absolute atomic E-state index is 5.38. The molecule has 4 nitrogen and oxygen atoms in total. The van der Waals surface area contributed by atoms with Crippen LogP contribution in [0.25, 0.3) is 0 Å². The van der Waals surface area contributed by atoms with Gasteiger partial charge in [0.05, 0.1) is 13.7 Å². The number of aliphatic imine (C=N–C) groups is 1. The third-order valence-electron chi connectivity index (χ3n) is 3.63. The third-order valence-corrected chi connectivity index (χ3v) is 4.33. The van der Waals surface area contributed by atoms with Crippen molar-refractivity contribution in [2.24, 2.45) is 4.99 Å². The van der Waals surface area contributed by atoms with Crippen LogP contribution in [0, 0.1) is 0 Å². The molecule has 0 aliphatic rings. The second kappa shape index (κ2) is 11.3. The first-order valence-electron chi connectivity index (χ1n) is 7.90. The van der Waals surface area contributed by atoms with E-state index in [2.05, 4.69) is 46.3 Å². The van der Waals surface area contributed by atoms with Crippen LogP contribution in [0.3, 0.4) is 0 Å². The highest BCUT2D eigenvalue weighted by molar-refractivity contribution is 14.0. The Bertz CT molecular complexity index is 616. The molecule has 1 aromatic heterocycles. The summed E-state index contributed by atoms with van der Waals surface area (Å²) in [5, 5.41) is 11.0. The number of para-hydroxylation sites is 1. The topological polar surface area (TPSA) is 45.7 Å². The number of guanidine groups is 1. The van der Waals surface area contributed by atoms with Crippen molar-refractivity contribution in [2.75, 3.05) is 20.2 Å². The van der Waals surface area contributed by atoms with Gasteiger partial charge in [-0.25, -0.2) is 4.99 Å². The van der Waals surface area contributed by atoms with Gasteiger partial charge in [-0.15, -0.1) is 24.0 Å². The largest absolute Gasteiger partial charge is 0.496 e. The average Bonchev–Trinajstić information content (AvgIpc) is 3.12. The van der Waals surface area contributed by atoms with Crippen LogP contribution in [0.5, 0.6) is 5.75 Å². The van der Waals surface area contributed by atoms with Crippen molar-refractivity contribution >= 4 is 41.3 Å². The van der Waals surface area contributed by atoms with E-state index < -0.39 is 0 Å². The minimum Gasteiger partial charge on any atom is -0.496 e. The van der Waals surface area contributed by atoms with Gasteiger partial charge in [-0.2, -0.15) is 11.3 Å². The van der Waals surface area contributed by atoms with Crippen LogP contribution in [0.4, 0.5) is 0 Å². The van der Waals surface area contributed by atoms with Gasteiger partial charge in [-0.3, -0.25) is 0 Å². The fourth-order valence-electron chi connectivity index (χ4n) is 2.26. The Labute approximate surface area is 165 Å². The van der Waals surface area contributed by atoms with Gasteiger partial charge in [-0.1, -0.05) is 25.1 Å². The Hall–Kier alpha value is -1.28. The summed E-state index contributed by atoms with van der Waals surface area (Å²) < 4.78 is 5.38. The Morgan fingerprint density at radius 2 is 2.04 bits per heavy atom. The Morgan fingerprint density at radius 3 is 2.71 bits per heavy atom. The first-order chi connectivity index (χ1) is 11.2. The van der Waals surface area contributed by atoms with Gasteiger partial charge in [0.15, 0.2) is 5.96 Å². The second-order valence-corrected chi connectivity index (χ2v) is 6.13. The van der Waals surface area contributed by atoms with Crippen LogP contribution in [0.15, 0.2) is 46.1 Å². The molecule has 2 rings (SSSR count). The van der Waals surface area contributed by atoms with E-state index in [1.54, 1.807) is 18.4 Å². The molecule has 0 bridgehead atoms. The number of halogens is 1. The van der Waals surface area contributed by atoms with E-state index in [0.717, 1.165) is 30.4 Å². The van der Waals surface area contributed by atoms with E-state index in [1.165, 1.54) is 5.56 Å². The summed E-state index contributed by atoms with van der Waals surface area (Å²) in [6.45, 7) is 6.58. The van der Waals surface area contributed by atoms with Gasteiger partial charge in [0.25, 0.3) is 0 Å². The maximum atomic E-state index is 5.38. The molecule has 6 heteroatoms. The highest BCUT2D eigenvalue weighted by Crippen LogP contribution is 2.18. The molecule has 0 spiro atoms. The Kier molecular flexibility index (Phi) is 9.78. The van der Waals surface area contributed by atoms with E-state index in [9.17, 15) is 0 Å². The molecule has 0 saturated carbocycles. The van der Waals surface area contributed by atoms with Crippen molar-refractivity contribution in [3.05, 3.63) is 52.2 Å². The summed E-state index contributed by atoms with van der Waals surface area (Å²) in [5.41, 5.74) is 2.45. The summed E-state index contributed by atoms with van der Waals surface area (Å²) in [6.07, 6.45) is 0. The van der Waals surface area contributed by atoms with E-state index >= 15 is 0 Å². The molecule has 1 atom stereocenters. The van der Waals surface area contributed by atoms with Gasteiger partial charge >= 0.3 is 0 Å². The molecule has 0 saturated heterocycles. The molecule has 0 aliphatic carbocycles. The van der Waals surface area contributed by atoms with Gasteiger partial charge in [0.2, 0.25) is 0 Å². The standard InChI is InChI=1S/C18H25N3OS.HI/c1-4-19-18(20-11-14(2)16-9-10-23-13-16)21-12-15-7-5-6-8-17(15)22-3;/h5-10,13-14H,4,11-12H2,1-3H3,(H2,19,20,21);1H. The highest BCUT2D eigenvalue weighted by Gasteiger charge is 2.07. The summed E-state index contributed by atoms with van der Waals surface area (Å²) in [4.78, 5) is 4.66. The van der Waals surface area contributed by atoms with Crippen LogP contribution in [-0.2, 0) is 6.54 Å². The van der Waals surface area contributed by atoms with Crippen molar-refractivity contribution < 1.29 is 4.74 Å². The van der Waals surface area contributed by atoms with Crippen molar-refractivity contribution in [3.63, 3.8) is 0 Å². The first kappa shape index (κ1) is 20.8. The predicted molar refractivity (Wildman–Crippen MR) is 114 cm³/mol. The molecule has 0 radical (unpaired) electrons. The Morgan fingerprint density at radius 1 is 1.25 bits per heavy atom. The summed E-state index contributed by atoms with van der Waals surface area (Å²) in [7, 11) is 1.69. The molecule has 2 N–H and O–H groups in total. The normalized spacial score (nSPS) is 12.2. The number of nitrogens with one attached hydrogen (secondary N) is 2. The summed E-state index contributed by atoms with van der Waals surface area (Å²) >= 11 is 1.74. The lowest BCUT2D eigenvalue weighted by Gasteiger charge is -2.15. The lowest BCUT2D eigenvalue weighted by Crippen LogP contribution is -2.39. The molecule has 132 valence electrons. The van der Waals surface area contributed by atoms with E-state index in [-0.39, 0.29) is 24.0 Å². The fourth-order valence-corrected chi connectivity index (χ4v) is 3.04. The predicted octanol–water partition coefficient (Wildman–Crippen LogP) is 4.23. The number of hydrogen-bond donors (Lipinski definition) is 2. The van der Waals surface area contributed by atoms with Crippen molar-refractivity contribution in [1.82, 2.24) is 10.6 Å². The molecule has 2 aromatic rings. The lowest BCUT2D eigenvalue weighted by molar-refractivity contribution is 0.410. The van der Waals surface area contributed by atoms with Crippen LogP contribution in [-0.4, -0.2) is 26.2 Å². The molecule has 1 heterocycles. The minimum absolute atomic E-state index is 0. The molecular formula is C18H26IN3OS. The van der Waals surface area contributed by atoms with Gasteiger partial charge in [0, 0.05) is 18.7 Å². The molecule has 24 heavy (non-hydrogen) atoms. The molecule has 0 fully saturated rings. The quantitative estimate of drug-likeness (QED) is 0.370. The maximum Gasteiger partial charge on any atom is 0.191 e. The zero-order valence-electron chi connectivity index (χ0n) is 14.4. The van der Waals surface area contributed by atoms with Crippen molar-refractivity contribution in [2.45, 2.75) is 26.3 Å². The van der Waals surface area contributed by atoms with Gasteiger partial charge < -0.3 is 15.4 Å². The summed E-state index contributed by atoms with van der Waals surface area (Å²) in [6, 6.07) is 10.2. The zero-order valence-corrected chi connectivity index (χ0v) is 17.6. The third kappa shape index (κ3) is 6.32. The van der Waals surface area contributed by atoms with Gasteiger partial charge in [0.1, 0.15) is 5.75 Å².